The van der Waals surface area contributed by atoms with E-state index in [0.717, 1.165) is 27.8 Å². The van der Waals surface area contributed by atoms with Crippen LogP contribution in [0.2, 0.25) is 0 Å². The van der Waals surface area contributed by atoms with Crippen LogP contribution in [0.5, 0.6) is 0 Å². The number of aromatic nitrogens is 1. The normalized spacial score (nSPS) is 11.8. The Morgan fingerprint density at radius 3 is 2.59 bits per heavy atom. The molecule has 0 aliphatic rings. The van der Waals surface area contributed by atoms with Gasteiger partial charge in [0.15, 0.2) is 13.1 Å². The van der Waals surface area contributed by atoms with Crippen molar-refractivity contribution >= 4 is 28.8 Å². The number of rotatable bonds is 9. The maximum atomic E-state index is 12.1. The van der Waals surface area contributed by atoms with E-state index in [1.165, 1.54) is 0 Å². The summed E-state index contributed by atoms with van der Waals surface area (Å²) in [7, 11) is 0. The second-order valence-electron chi connectivity index (χ2n) is 6.19. The van der Waals surface area contributed by atoms with Gasteiger partial charge < -0.3 is 19.9 Å². The third-order valence-electron chi connectivity index (χ3n) is 4.23. The lowest BCUT2D eigenvalue weighted by Gasteiger charge is -2.16. The van der Waals surface area contributed by atoms with Crippen molar-refractivity contribution in [3.05, 3.63) is 36.0 Å². The predicted molar refractivity (Wildman–Crippen MR) is 101 cm³/mol. The van der Waals surface area contributed by atoms with Gasteiger partial charge in [-0.2, -0.15) is 0 Å². The first-order valence-electron chi connectivity index (χ1n) is 9.15. The van der Waals surface area contributed by atoms with E-state index in [4.69, 9.17) is 0 Å². The lowest BCUT2D eigenvalue weighted by molar-refractivity contribution is -0.881. The van der Waals surface area contributed by atoms with E-state index in [2.05, 4.69) is 20.4 Å². The van der Waals surface area contributed by atoms with Gasteiger partial charge >= 0.3 is 6.09 Å². The van der Waals surface area contributed by atoms with E-state index < -0.39 is 12.0 Å². The van der Waals surface area contributed by atoms with Crippen LogP contribution in [-0.2, 0) is 20.7 Å². The molecule has 4 N–H and O–H groups in total. The molecule has 0 bridgehead atoms. The molecule has 1 unspecified atom stereocenters. The van der Waals surface area contributed by atoms with Crippen LogP contribution < -0.4 is 15.5 Å². The van der Waals surface area contributed by atoms with Crippen molar-refractivity contribution in [2.45, 2.75) is 20.3 Å². The standard InChI is InChI=1S/C19H26N4O4/c1-3-23(13-18(25)22-19(26)27-4-2)12-17(24)20-10-9-14-11-21-16-8-6-5-7-15(14)16/h5-8,11,21H,3-4,9-10,12-13H2,1-2H3,(H,20,24)(H,22,25,26)/p+1. The molecule has 1 aromatic heterocycles. The number of likely N-dealkylation sites (N-methyl/N-ethyl adjacent to an activating group) is 1. The SMILES string of the molecule is CCOC(=O)NC(=O)C[NH+](CC)CC(=O)NCCc1c[nH]c2ccccc12. The van der Waals surface area contributed by atoms with Crippen molar-refractivity contribution < 1.29 is 24.0 Å². The van der Waals surface area contributed by atoms with Crippen LogP contribution in [0.25, 0.3) is 10.9 Å². The van der Waals surface area contributed by atoms with Gasteiger partial charge in [-0.1, -0.05) is 18.2 Å². The van der Waals surface area contributed by atoms with Gasteiger partial charge in [-0.15, -0.1) is 0 Å². The Hall–Kier alpha value is -2.87. The summed E-state index contributed by atoms with van der Waals surface area (Å²) < 4.78 is 4.67. The molecular formula is C19H27N4O4+. The van der Waals surface area contributed by atoms with Crippen LogP contribution in [0.15, 0.2) is 30.5 Å². The predicted octanol–water partition coefficient (Wildman–Crippen LogP) is 0.00410. The molecule has 1 aromatic carbocycles. The molecule has 8 nitrogen and oxygen atoms in total. The number of hydrogen-bond acceptors (Lipinski definition) is 4. The smallest absolute Gasteiger partial charge is 0.414 e. The number of carbonyl (C=O) groups excluding carboxylic acids is 3. The van der Waals surface area contributed by atoms with E-state index in [1.54, 1.807) is 6.92 Å². The van der Waals surface area contributed by atoms with Crippen molar-refractivity contribution in [1.82, 2.24) is 15.6 Å². The number of para-hydroxylation sites is 1. The number of ether oxygens (including phenoxy) is 1. The van der Waals surface area contributed by atoms with Crippen molar-refractivity contribution in [1.29, 1.82) is 0 Å². The van der Waals surface area contributed by atoms with E-state index in [-0.39, 0.29) is 25.6 Å². The Morgan fingerprint density at radius 1 is 1.11 bits per heavy atom. The number of amides is 3. The molecule has 8 heteroatoms. The van der Waals surface area contributed by atoms with Gasteiger partial charge in [-0.05, 0) is 31.9 Å². The minimum absolute atomic E-state index is 0.0329. The molecular weight excluding hydrogens is 348 g/mol. The number of hydrogen-bond donors (Lipinski definition) is 4. The molecule has 0 aliphatic heterocycles. The largest absolute Gasteiger partial charge is 0.450 e. The van der Waals surface area contributed by atoms with Crippen molar-refractivity contribution in [3.63, 3.8) is 0 Å². The van der Waals surface area contributed by atoms with Crippen LogP contribution >= 0.6 is 0 Å². The van der Waals surface area contributed by atoms with Crippen molar-refractivity contribution in [3.8, 4) is 0 Å². The molecule has 1 heterocycles. The Morgan fingerprint density at radius 2 is 1.85 bits per heavy atom. The summed E-state index contributed by atoms with van der Waals surface area (Å²) in [5.74, 6) is -0.590. The third kappa shape index (κ3) is 6.41. The Bertz CT molecular complexity index is 787. The summed E-state index contributed by atoms with van der Waals surface area (Å²) in [6, 6.07) is 8.03. The minimum Gasteiger partial charge on any atom is -0.450 e. The maximum absolute atomic E-state index is 12.1. The quantitative estimate of drug-likeness (QED) is 0.495. The Labute approximate surface area is 158 Å². The highest BCUT2D eigenvalue weighted by Gasteiger charge is 2.18. The molecule has 0 radical (unpaired) electrons. The third-order valence-corrected chi connectivity index (χ3v) is 4.23. The average Bonchev–Trinajstić information content (AvgIpc) is 3.04. The van der Waals surface area contributed by atoms with Gasteiger partial charge in [-0.25, -0.2) is 4.79 Å². The van der Waals surface area contributed by atoms with Gasteiger partial charge in [0.25, 0.3) is 11.8 Å². The van der Waals surface area contributed by atoms with Crippen LogP contribution in [0.3, 0.4) is 0 Å². The van der Waals surface area contributed by atoms with E-state index in [0.29, 0.717) is 13.1 Å². The van der Waals surface area contributed by atoms with Gasteiger partial charge in [0, 0.05) is 23.6 Å². The number of fused-ring (bicyclic) bond motifs is 1. The van der Waals surface area contributed by atoms with Crippen LogP contribution in [0, 0.1) is 0 Å². The zero-order valence-corrected chi connectivity index (χ0v) is 15.8. The van der Waals surface area contributed by atoms with Gasteiger partial charge in [0.2, 0.25) is 0 Å². The minimum atomic E-state index is -0.763. The fourth-order valence-electron chi connectivity index (χ4n) is 2.83. The molecule has 0 spiro atoms. The van der Waals surface area contributed by atoms with Crippen LogP contribution in [-0.4, -0.2) is 55.7 Å². The summed E-state index contributed by atoms with van der Waals surface area (Å²) in [5, 5.41) is 6.19. The lowest BCUT2D eigenvalue weighted by atomic mass is 10.1. The Kier molecular flexibility index (Phi) is 7.81. The van der Waals surface area contributed by atoms with Crippen LogP contribution in [0.1, 0.15) is 19.4 Å². The fourth-order valence-corrected chi connectivity index (χ4v) is 2.83. The number of H-pyrrole nitrogens is 1. The second kappa shape index (κ2) is 10.3. The maximum Gasteiger partial charge on any atom is 0.414 e. The topological polar surface area (TPSA) is 105 Å². The molecule has 0 saturated carbocycles. The first-order valence-corrected chi connectivity index (χ1v) is 9.15. The summed E-state index contributed by atoms with van der Waals surface area (Å²) in [6.45, 7) is 5.05. The summed E-state index contributed by atoms with van der Waals surface area (Å²) in [6.07, 6.45) is 1.92. The monoisotopic (exact) mass is 375 g/mol. The molecule has 0 fully saturated rings. The number of imide groups is 1. The number of nitrogens with one attached hydrogen (secondary N) is 4. The summed E-state index contributed by atoms with van der Waals surface area (Å²) >= 11 is 0. The first kappa shape index (κ1) is 20.4. The summed E-state index contributed by atoms with van der Waals surface area (Å²) in [5.41, 5.74) is 2.23. The number of quaternary nitrogens is 1. The van der Waals surface area contributed by atoms with E-state index in [1.807, 2.05) is 37.4 Å². The average molecular weight is 375 g/mol. The molecule has 146 valence electrons. The molecule has 0 aliphatic carbocycles. The molecule has 0 saturated heterocycles. The van der Waals surface area contributed by atoms with Crippen molar-refractivity contribution in [2.75, 3.05) is 32.8 Å². The zero-order valence-electron chi connectivity index (χ0n) is 15.8. The fraction of sp³-hybridized carbons (Fsp3) is 0.421. The highest BCUT2D eigenvalue weighted by atomic mass is 16.5. The van der Waals surface area contributed by atoms with E-state index >= 15 is 0 Å². The van der Waals surface area contributed by atoms with Gasteiger partial charge in [-0.3, -0.25) is 14.9 Å². The Balaban J connectivity index is 1.74. The molecule has 27 heavy (non-hydrogen) atoms. The zero-order chi connectivity index (χ0) is 19.6. The summed E-state index contributed by atoms with van der Waals surface area (Å²) in [4.78, 5) is 39.2. The number of benzene rings is 1. The highest BCUT2D eigenvalue weighted by molar-refractivity contribution is 5.92. The van der Waals surface area contributed by atoms with Crippen molar-refractivity contribution in [2.24, 2.45) is 0 Å². The molecule has 2 aromatic rings. The first-order chi connectivity index (χ1) is 13.0. The molecule has 2 rings (SSSR count). The molecule has 3 amide bonds. The molecule has 1 atom stereocenters. The lowest BCUT2D eigenvalue weighted by Crippen LogP contribution is -3.14. The van der Waals surface area contributed by atoms with E-state index in [9.17, 15) is 14.4 Å². The van der Waals surface area contributed by atoms with Gasteiger partial charge in [0.05, 0.1) is 13.2 Å². The second-order valence-corrected chi connectivity index (χ2v) is 6.19. The number of alkyl carbamates (subject to hydrolysis) is 1. The highest BCUT2D eigenvalue weighted by Crippen LogP contribution is 2.17. The van der Waals surface area contributed by atoms with Crippen LogP contribution in [0.4, 0.5) is 4.79 Å². The number of carbonyl (C=O) groups is 3. The number of aromatic amines is 1. The van der Waals surface area contributed by atoms with Gasteiger partial charge in [0.1, 0.15) is 0 Å².